The largest absolute Gasteiger partial charge is 0.356 e. The predicted octanol–water partition coefficient (Wildman–Crippen LogP) is 2.48. The van der Waals surface area contributed by atoms with Crippen molar-refractivity contribution in [3.63, 3.8) is 0 Å². The van der Waals surface area contributed by atoms with E-state index in [2.05, 4.69) is 55.5 Å². The average Bonchev–Trinajstić information content (AvgIpc) is 3.10. The number of hydrogen-bond acceptors (Lipinski definition) is 4. The Kier molecular flexibility index (Phi) is 10.3. The van der Waals surface area contributed by atoms with Gasteiger partial charge >= 0.3 is 0 Å². The summed E-state index contributed by atoms with van der Waals surface area (Å²) in [7, 11) is 1.96. The molecule has 0 radical (unpaired) electrons. The molecule has 152 valence electrons. The summed E-state index contributed by atoms with van der Waals surface area (Å²) in [5, 5.41) is 19.6. The van der Waals surface area contributed by atoms with E-state index in [-0.39, 0.29) is 24.0 Å². The van der Waals surface area contributed by atoms with E-state index >= 15 is 0 Å². The van der Waals surface area contributed by atoms with E-state index in [9.17, 15) is 0 Å². The second-order valence-corrected chi connectivity index (χ2v) is 6.60. The Labute approximate surface area is 179 Å². The van der Waals surface area contributed by atoms with Gasteiger partial charge in [0.1, 0.15) is 12.4 Å². The quantitative estimate of drug-likeness (QED) is 0.245. The Morgan fingerprint density at radius 2 is 1.81 bits per heavy atom. The summed E-state index contributed by atoms with van der Waals surface area (Å²) in [6, 6.07) is 2.11. The number of guanidine groups is 1. The summed E-state index contributed by atoms with van der Waals surface area (Å²) >= 11 is 0. The summed E-state index contributed by atoms with van der Waals surface area (Å²) in [5.41, 5.74) is 2.27. The lowest BCUT2D eigenvalue weighted by Gasteiger charge is -2.12. The molecular formula is C18H33IN8. The Morgan fingerprint density at radius 1 is 1.11 bits per heavy atom. The predicted molar refractivity (Wildman–Crippen MR) is 120 cm³/mol. The molecule has 0 aliphatic heterocycles. The number of hydrogen-bond donors (Lipinski definition) is 2. The summed E-state index contributed by atoms with van der Waals surface area (Å²) in [4.78, 5) is 4.65. The van der Waals surface area contributed by atoms with Crippen LogP contribution in [0.4, 0.5) is 0 Å². The summed E-state index contributed by atoms with van der Waals surface area (Å²) in [6.07, 6.45) is 3.26. The minimum Gasteiger partial charge on any atom is -0.356 e. The first kappa shape index (κ1) is 23.4. The molecule has 8 nitrogen and oxygen atoms in total. The van der Waals surface area contributed by atoms with Crippen molar-refractivity contribution in [3.05, 3.63) is 29.1 Å². The molecule has 0 unspecified atom stereocenters. The van der Waals surface area contributed by atoms with Gasteiger partial charge in [0.15, 0.2) is 11.8 Å². The molecule has 0 saturated heterocycles. The van der Waals surface area contributed by atoms with Gasteiger partial charge in [0.05, 0.1) is 5.69 Å². The van der Waals surface area contributed by atoms with Crippen molar-refractivity contribution in [3.8, 4) is 0 Å². The second kappa shape index (κ2) is 11.9. The molecule has 0 spiro atoms. The Balaban J connectivity index is 0.00000364. The highest BCUT2D eigenvalue weighted by Crippen LogP contribution is 2.02. The molecule has 2 rings (SSSR count). The Bertz CT molecular complexity index is 719. The van der Waals surface area contributed by atoms with E-state index in [1.807, 2.05) is 25.5 Å². The first-order valence-corrected chi connectivity index (χ1v) is 9.39. The molecule has 2 aromatic heterocycles. The van der Waals surface area contributed by atoms with E-state index in [4.69, 9.17) is 0 Å². The zero-order valence-electron chi connectivity index (χ0n) is 17.1. The maximum atomic E-state index is 4.65. The Morgan fingerprint density at radius 3 is 2.37 bits per heavy atom. The number of aryl methyl sites for hydroxylation is 4. The van der Waals surface area contributed by atoms with Crippen LogP contribution < -0.4 is 10.6 Å². The SMILES string of the molecule is CCCCNC(=NCc1nnc(C)n1C)NCCCn1nc(C)cc1C.I. The van der Waals surface area contributed by atoms with Gasteiger partial charge in [0, 0.05) is 32.4 Å². The number of nitrogens with zero attached hydrogens (tertiary/aromatic N) is 6. The van der Waals surface area contributed by atoms with Crippen LogP contribution in [0.3, 0.4) is 0 Å². The monoisotopic (exact) mass is 488 g/mol. The number of aliphatic imine (C=N–C) groups is 1. The van der Waals surface area contributed by atoms with E-state index in [1.165, 1.54) is 5.69 Å². The van der Waals surface area contributed by atoms with Crippen LogP contribution in [-0.4, -0.2) is 43.6 Å². The van der Waals surface area contributed by atoms with Crippen LogP contribution in [0, 0.1) is 20.8 Å². The fourth-order valence-corrected chi connectivity index (χ4v) is 2.63. The lowest BCUT2D eigenvalue weighted by molar-refractivity contribution is 0.554. The minimum absolute atomic E-state index is 0. The fourth-order valence-electron chi connectivity index (χ4n) is 2.63. The molecule has 2 aromatic rings. The molecule has 0 aliphatic rings. The summed E-state index contributed by atoms with van der Waals surface area (Å²) in [5.74, 6) is 2.59. The zero-order valence-corrected chi connectivity index (χ0v) is 19.4. The topological polar surface area (TPSA) is 85.0 Å². The maximum absolute atomic E-state index is 4.65. The molecule has 0 atom stereocenters. The van der Waals surface area contributed by atoms with Crippen molar-refractivity contribution in [1.29, 1.82) is 0 Å². The number of aromatic nitrogens is 5. The highest BCUT2D eigenvalue weighted by molar-refractivity contribution is 14.0. The molecule has 0 amide bonds. The van der Waals surface area contributed by atoms with Gasteiger partial charge in [-0.15, -0.1) is 34.2 Å². The smallest absolute Gasteiger partial charge is 0.191 e. The number of rotatable bonds is 9. The number of unbranched alkanes of at least 4 members (excludes halogenated alkanes) is 1. The second-order valence-electron chi connectivity index (χ2n) is 6.60. The van der Waals surface area contributed by atoms with Gasteiger partial charge in [-0.1, -0.05) is 13.3 Å². The van der Waals surface area contributed by atoms with Gasteiger partial charge in [0.25, 0.3) is 0 Å². The third-order valence-corrected chi connectivity index (χ3v) is 4.33. The molecule has 2 heterocycles. The Hall–Kier alpha value is -1.65. The van der Waals surface area contributed by atoms with Crippen LogP contribution in [0.25, 0.3) is 0 Å². The highest BCUT2D eigenvalue weighted by Gasteiger charge is 2.05. The van der Waals surface area contributed by atoms with Gasteiger partial charge in [-0.25, -0.2) is 4.99 Å². The van der Waals surface area contributed by atoms with Gasteiger partial charge in [0.2, 0.25) is 0 Å². The van der Waals surface area contributed by atoms with E-state index in [0.29, 0.717) is 6.54 Å². The van der Waals surface area contributed by atoms with Crippen molar-refractivity contribution >= 4 is 29.9 Å². The molecule has 0 saturated carbocycles. The number of halogens is 1. The van der Waals surface area contributed by atoms with Crippen LogP contribution in [0.1, 0.15) is 49.2 Å². The van der Waals surface area contributed by atoms with Crippen LogP contribution in [0.15, 0.2) is 11.1 Å². The van der Waals surface area contributed by atoms with Crippen molar-refractivity contribution in [2.24, 2.45) is 12.0 Å². The van der Waals surface area contributed by atoms with E-state index < -0.39 is 0 Å². The van der Waals surface area contributed by atoms with E-state index in [1.54, 1.807) is 0 Å². The first-order valence-electron chi connectivity index (χ1n) is 9.39. The van der Waals surface area contributed by atoms with Crippen molar-refractivity contribution < 1.29 is 0 Å². The lowest BCUT2D eigenvalue weighted by Crippen LogP contribution is -2.38. The molecular weight excluding hydrogens is 455 g/mol. The average molecular weight is 488 g/mol. The van der Waals surface area contributed by atoms with Gasteiger partial charge in [-0.2, -0.15) is 5.10 Å². The van der Waals surface area contributed by atoms with Crippen LogP contribution in [0.5, 0.6) is 0 Å². The summed E-state index contributed by atoms with van der Waals surface area (Å²) < 4.78 is 4.02. The van der Waals surface area contributed by atoms with Crippen LogP contribution in [0.2, 0.25) is 0 Å². The molecule has 0 bridgehead atoms. The molecule has 0 fully saturated rings. The third-order valence-electron chi connectivity index (χ3n) is 4.33. The maximum Gasteiger partial charge on any atom is 0.191 e. The minimum atomic E-state index is 0. The number of nitrogens with one attached hydrogen (secondary N) is 2. The normalized spacial score (nSPS) is 11.4. The highest BCUT2D eigenvalue weighted by atomic mass is 127. The fraction of sp³-hybridized carbons (Fsp3) is 0.667. The zero-order chi connectivity index (χ0) is 18.9. The standard InChI is InChI=1S/C18H32N8.HI/c1-6-7-9-19-18(21-13-17-23-22-16(4)25(17)5)20-10-8-11-26-15(3)12-14(2)24-26;/h12H,6-11,13H2,1-5H3,(H2,19,20,21);1H. The molecule has 0 aliphatic carbocycles. The van der Waals surface area contributed by atoms with Gasteiger partial charge < -0.3 is 15.2 Å². The first-order chi connectivity index (χ1) is 12.5. The molecule has 9 heteroatoms. The third kappa shape index (κ3) is 7.47. The van der Waals surface area contributed by atoms with E-state index in [0.717, 1.165) is 62.2 Å². The van der Waals surface area contributed by atoms with Crippen molar-refractivity contribution in [2.45, 2.75) is 60.0 Å². The van der Waals surface area contributed by atoms with Crippen LogP contribution in [-0.2, 0) is 20.1 Å². The molecule has 0 aromatic carbocycles. The van der Waals surface area contributed by atoms with Crippen molar-refractivity contribution in [1.82, 2.24) is 35.2 Å². The lowest BCUT2D eigenvalue weighted by atomic mass is 10.3. The molecule has 27 heavy (non-hydrogen) atoms. The van der Waals surface area contributed by atoms with Crippen LogP contribution >= 0.6 is 24.0 Å². The molecule has 2 N–H and O–H groups in total. The van der Waals surface area contributed by atoms with Gasteiger partial charge in [-0.05, 0) is 39.7 Å². The van der Waals surface area contributed by atoms with Gasteiger partial charge in [-0.3, -0.25) is 4.68 Å². The summed E-state index contributed by atoms with van der Waals surface area (Å²) in [6.45, 7) is 11.4. The van der Waals surface area contributed by atoms with Crippen molar-refractivity contribution in [2.75, 3.05) is 13.1 Å².